The van der Waals surface area contributed by atoms with Crippen LogP contribution >= 0.6 is 0 Å². The van der Waals surface area contributed by atoms with Gasteiger partial charge in [-0.05, 0) is 0 Å². The first-order valence-corrected chi connectivity index (χ1v) is 10.4. The molecule has 0 aliphatic carbocycles. The number of fused-ring (bicyclic) bond motifs is 1. The molecule has 0 unspecified atom stereocenters. The van der Waals surface area contributed by atoms with Crippen LogP contribution in [0.2, 0.25) is 16.6 Å². The molecule has 0 amide bonds. The summed E-state index contributed by atoms with van der Waals surface area (Å²) in [7, 11) is -1.57. The Hall–Kier alpha value is -1.14. The van der Waals surface area contributed by atoms with Crippen molar-refractivity contribution in [3.05, 3.63) is 49.8 Å². The Bertz CT molecular complexity index is 583. The monoisotopic (exact) mass is 410 g/mol. The zero-order chi connectivity index (χ0) is 20.2. The number of nitrogens with zero attached hydrogens (tertiary/aromatic N) is 1. The quantitative estimate of drug-likeness (QED) is 0.380. The molecule has 2 rings (SSSR count). The van der Waals surface area contributed by atoms with E-state index in [0.717, 1.165) is 23.0 Å². The van der Waals surface area contributed by atoms with Gasteiger partial charge in [0.05, 0.1) is 6.42 Å². The van der Waals surface area contributed by atoms with E-state index in [1.807, 2.05) is 0 Å². The summed E-state index contributed by atoms with van der Waals surface area (Å²) < 4.78 is 25.2. The first kappa shape index (κ1) is 29.6. The summed E-state index contributed by atoms with van der Waals surface area (Å²) in [6, 6.07) is 8.95. The summed E-state index contributed by atoms with van der Waals surface area (Å²) in [5.74, 6) is 0. The van der Waals surface area contributed by atoms with E-state index in [-0.39, 0.29) is 17.4 Å². The maximum Gasteiger partial charge on any atom is 0 e. The van der Waals surface area contributed by atoms with E-state index in [1.165, 1.54) is 11.3 Å². The summed E-state index contributed by atoms with van der Waals surface area (Å²) in [5.41, 5.74) is 5.26. The van der Waals surface area contributed by atoms with E-state index in [0.29, 0.717) is 0 Å². The fraction of sp³-hybridized carbons (Fsp3) is 0.500. The number of rotatable bonds is 4. The third kappa shape index (κ3) is 5.95. The minimum Gasteiger partial charge on any atom is 0 e. The molecule has 0 spiro atoms. The Morgan fingerprint density at radius 3 is 1.58 bits per heavy atom. The predicted molar refractivity (Wildman–Crippen MR) is 99.0 cm³/mol. The summed E-state index contributed by atoms with van der Waals surface area (Å²) in [6.07, 6.45) is 3.58. The maximum absolute atomic E-state index is 7.50. The van der Waals surface area contributed by atoms with Crippen LogP contribution in [0.5, 0.6) is 0 Å². The van der Waals surface area contributed by atoms with Crippen LogP contribution in [0.4, 0.5) is 5.69 Å². The molecule has 26 heavy (non-hydrogen) atoms. The average Bonchev–Trinajstić information content (AvgIpc) is 3.04. The molecule has 0 N–H and O–H groups in total. The van der Waals surface area contributed by atoms with Gasteiger partial charge in [-0.25, -0.2) is 0 Å². The first-order chi connectivity index (χ1) is 11.9. The van der Waals surface area contributed by atoms with Crippen molar-refractivity contribution in [2.75, 3.05) is 0 Å². The molecule has 0 saturated carbocycles. The molecule has 1 aromatic rings. The first-order valence-electron chi connectivity index (χ1n) is 8.24. The van der Waals surface area contributed by atoms with E-state index >= 15 is 0 Å². The van der Waals surface area contributed by atoms with E-state index in [4.69, 9.17) is 14.0 Å². The van der Waals surface area contributed by atoms with Crippen LogP contribution < -0.4 is 0 Å². The molecule has 6 heteroatoms. The van der Waals surface area contributed by atoms with Gasteiger partial charge in [0.1, 0.15) is 6.21 Å². The molecule has 0 saturated heterocycles. The fourth-order valence-electron chi connectivity index (χ4n) is 4.41. The van der Waals surface area contributed by atoms with Crippen molar-refractivity contribution in [2.24, 2.45) is 0 Å². The van der Waals surface area contributed by atoms with Crippen LogP contribution in [-0.2, 0) is 37.7 Å². The second-order valence-corrected chi connectivity index (χ2v) is 12.5. The molecule has 0 fully saturated rings. The van der Waals surface area contributed by atoms with Gasteiger partial charge in [-0.3, -0.25) is 4.24 Å². The topological polar surface area (TPSA) is 62.7 Å². The van der Waals surface area contributed by atoms with Crippen molar-refractivity contribution < 1.29 is 35.6 Å². The Kier molecular flexibility index (Phi) is 17.1. The Labute approximate surface area is 170 Å². The van der Waals surface area contributed by atoms with E-state index in [2.05, 4.69) is 96.2 Å². The number of para-hydroxylation sites is 1. The SMILES string of the molecule is CC(C)[Si](C(C)C)(C(C)C)[N+]1=CCc2ccccc21.[C-]#[O+].[C-]#[O+].[C-]#[O+].[Cr]. The predicted octanol–water partition coefficient (Wildman–Crippen LogP) is 5.02. The number of hydrogen-bond donors (Lipinski definition) is 0. The molecule has 140 valence electrons. The Morgan fingerprint density at radius 2 is 1.19 bits per heavy atom. The zero-order valence-electron chi connectivity index (χ0n) is 16.4. The molecule has 0 aromatic heterocycles. The van der Waals surface area contributed by atoms with Gasteiger partial charge in [0, 0.05) is 45.6 Å². The third-order valence-electron chi connectivity index (χ3n) is 4.94. The van der Waals surface area contributed by atoms with E-state index in [9.17, 15) is 0 Å². The smallest absolute Gasteiger partial charge is 0 e. The van der Waals surface area contributed by atoms with Crippen LogP contribution in [0.1, 0.15) is 47.1 Å². The van der Waals surface area contributed by atoms with Crippen molar-refractivity contribution in [2.45, 2.75) is 64.6 Å². The molecule has 1 aliphatic heterocycles. The molecule has 1 aromatic carbocycles. The molecule has 1 aliphatic rings. The fourth-order valence-corrected chi connectivity index (χ4v) is 11.1. The molecule has 0 bridgehead atoms. The summed E-state index contributed by atoms with van der Waals surface area (Å²) in [4.78, 5) is 0. The van der Waals surface area contributed by atoms with Crippen LogP contribution in [0, 0.1) is 20.0 Å². The normalized spacial score (nSPS) is 11.4. The van der Waals surface area contributed by atoms with E-state index < -0.39 is 8.24 Å². The van der Waals surface area contributed by atoms with Gasteiger partial charge >= 0.3 is 42.1 Å². The summed E-state index contributed by atoms with van der Waals surface area (Å²) in [6.45, 7) is 28.1. The zero-order valence-corrected chi connectivity index (χ0v) is 18.7. The van der Waals surface area contributed by atoms with Gasteiger partial charge in [0.15, 0.2) is 5.69 Å². The minimum absolute atomic E-state index is 0. The van der Waals surface area contributed by atoms with Crippen molar-refractivity contribution >= 4 is 20.1 Å². The summed E-state index contributed by atoms with van der Waals surface area (Å²) in [5, 5.41) is 0. The molecule has 4 nitrogen and oxygen atoms in total. The molecule has 0 atom stereocenters. The van der Waals surface area contributed by atoms with Crippen molar-refractivity contribution in [3.8, 4) is 0 Å². The molecule has 0 radical (unpaired) electrons. The van der Waals surface area contributed by atoms with Gasteiger partial charge in [-0.15, -0.1) is 0 Å². The van der Waals surface area contributed by atoms with Crippen molar-refractivity contribution in [3.63, 3.8) is 0 Å². The van der Waals surface area contributed by atoms with Crippen LogP contribution in [0.25, 0.3) is 0 Å². The van der Waals surface area contributed by atoms with Crippen molar-refractivity contribution in [1.82, 2.24) is 0 Å². The van der Waals surface area contributed by atoms with Crippen LogP contribution in [-0.4, -0.2) is 18.7 Å². The van der Waals surface area contributed by atoms with Crippen molar-refractivity contribution in [1.29, 1.82) is 0 Å². The van der Waals surface area contributed by atoms with Crippen LogP contribution in [0.3, 0.4) is 0 Å². The Balaban J connectivity index is -0.000000686. The molecule has 1 heterocycles. The Morgan fingerprint density at radius 1 is 0.808 bits per heavy atom. The second-order valence-electron chi connectivity index (χ2n) is 6.74. The van der Waals surface area contributed by atoms with Gasteiger partial charge in [-0.2, -0.15) is 0 Å². The molecular formula is C20H28CrNO3Si+. The van der Waals surface area contributed by atoms with Crippen LogP contribution in [0.15, 0.2) is 24.3 Å². The number of benzene rings is 1. The van der Waals surface area contributed by atoms with Gasteiger partial charge < -0.3 is 0 Å². The van der Waals surface area contributed by atoms with E-state index in [1.54, 1.807) is 0 Å². The molecular weight excluding hydrogens is 382 g/mol. The standard InChI is InChI=1S/C17H28NSi.3CO.Cr/c1-13(2)19(14(3)4,15(5)6)18-12-11-16-9-7-8-10-17(16)18;3*1-2;/h7-10,12-15H,11H2,1-6H3;;;;/q+1;;;;. The summed E-state index contributed by atoms with van der Waals surface area (Å²) >= 11 is 0. The minimum atomic E-state index is -1.57. The van der Waals surface area contributed by atoms with Gasteiger partial charge in [-0.1, -0.05) is 59.7 Å². The third-order valence-corrected chi connectivity index (χ3v) is 11.7. The largest absolute Gasteiger partial charge is 0 e. The van der Waals surface area contributed by atoms with Gasteiger partial charge in [0.25, 0.3) is 0 Å². The average molecular weight is 411 g/mol. The second kappa shape index (κ2) is 15.0. The number of hydrogen-bond acceptors (Lipinski definition) is 0. The maximum atomic E-state index is 7.50. The van der Waals surface area contributed by atoms with Gasteiger partial charge in [0.2, 0.25) is 0 Å².